The molecule has 198 valence electrons. The lowest BCUT2D eigenvalue weighted by Crippen LogP contribution is -2.14. The van der Waals surface area contributed by atoms with E-state index in [1.165, 1.54) is 24.4 Å². The van der Waals surface area contributed by atoms with E-state index in [9.17, 15) is 22.4 Å². The van der Waals surface area contributed by atoms with Crippen molar-refractivity contribution in [2.75, 3.05) is 11.9 Å². The zero-order valence-electron chi connectivity index (χ0n) is 20.8. The quantitative estimate of drug-likeness (QED) is 0.249. The Hall–Kier alpha value is -4.80. The first-order valence-corrected chi connectivity index (χ1v) is 11.9. The minimum Gasteiger partial charge on any atom is -0.490 e. The number of alkyl halides is 3. The molecule has 0 unspecified atom stereocenters. The Bertz CT molecular complexity index is 1700. The molecule has 0 aliphatic rings. The number of rotatable bonds is 6. The minimum absolute atomic E-state index is 0.104. The number of aryl methyl sites for hydroxylation is 1. The molecule has 11 heteroatoms. The van der Waals surface area contributed by atoms with Crippen molar-refractivity contribution in [1.29, 1.82) is 0 Å². The number of benzene rings is 2. The van der Waals surface area contributed by atoms with Gasteiger partial charge in [-0.1, -0.05) is 6.07 Å². The first kappa shape index (κ1) is 25.8. The maximum Gasteiger partial charge on any atom is 0.416 e. The second-order valence-electron chi connectivity index (χ2n) is 8.60. The van der Waals surface area contributed by atoms with E-state index in [0.29, 0.717) is 46.1 Å². The van der Waals surface area contributed by atoms with Crippen LogP contribution in [0.5, 0.6) is 5.75 Å². The second-order valence-corrected chi connectivity index (χ2v) is 8.60. The van der Waals surface area contributed by atoms with Crippen LogP contribution >= 0.6 is 0 Å². The fraction of sp³-hybridized carbons (Fsp3) is 0.143. The van der Waals surface area contributed by atoms with Gasteiger partial charge in [0.1, 0.15) is 17.3 Å². The van der Waals surface area contributed by atoms with Gasteiger partial charge in [-0.25, -0.2) is 18.9 Å². The molecule has 3 heterocycles. The lowest BCUT2D eigenvalue weighted by atomic mass is 10.0. The molecule has 0 atom stereocenters. The van der Waals surface area contributed by atoms with Crippen molar-refractivity contribution in [2.45, 2.75) is 20.0 Å². The minimum atomic E-state index is -4.58. The largest absolute Gasteiger partial charge is 0.490 e. The number of ether oxygens (including phenoxy) is 1. The average molecular weight is 536 g/mol. The number of halogens is 4. The highest BCUT2D eigenvalue weighted by molar-refractivity contribution is 6.04. The van der Waals surface area contributed by atoms with Gasteiger partial charge in [-0.05, 0) is 67.9 Å². The monoisotopic (exact) mass is 535 g/mol. The maximum atomic E-state index is 14.0. The summed E-state index contributed by atoms with van der Waals surface area (Å²) >= 11 is 0. The van der Waals surface area contributed by atoms with Crippen molar-refractivity contribution in [3.8, 4) is 28.3 Å². The third-order valence-corrected chi connectivity index (χ3v) is 5.94. The molecule has 0 bridgehead atoms. The number of amides is 1. The van der Waals surface area contributed by atoms with E-state index in [2.05, 4.69) is 15.4 Å². The van der Waals surface area contributed by atoms with Gasteiger partial charge in [-0.2, -0.15) is 18.3 Å². The lowest BCUT2D eigenvalue weighted by molar-refractivity contribution is -0.137. The number of hydrogen-bond donors (Lipinski definition) is 1. The van der Waals surface area contributed by atoms with Crippen LogP contribution in [0.4, 0.5) is 23.4 Å². The molecule has 0 spiro atoms. The molecule has 0 aliphatic carbocycles. The average Bonchev–Trinajstić information content (AvgIpc) is 3.31. The molecule has 0 radical (unpaired) electrons. The number of imidazole rings is 1. The standard InChI is InChI=1S/C28H21F4N5O2/c1-3-39-22-10-12-34-37-25(24(36-26(22)37)17-7-8-21(29)16(2)13-17)18-9-11-33-23(15-18)35-27(38)19-5-4-6-20(14-19)28(30,31)32/h4-15H,3H2,1-2H3,(H,33,35,38). The van der Waals surface area contributed by atoms with E-state index in [4.69, 9.17) is 9.72 Å². The van der Waals surface area contributed by atoms with Crippen molar-refractivity contribution in [1.82, 2.24) is 19.6 Å². The van der Waals surface area contributed by atoms with Crippen LogP contribution in [0.1, 0.15) is 28.4 Å². The van der Waals surface area contributed by atoms with E-state index >= 15 is 0 Å². The molecular weight excluding hydrogens is 514 g/mol. The Morgan fingerprint density at radius 1 is 1.03 bits per heavy atom. The zero-order chi connectivity index (χ0) is 27.7. The van der Waals surface area contributed by atoms with E-state index < -0.39 is 17.6 Å². The van der Waals surface area contributed by atoms with Crippen molar-refractivity contribution < 1.29 is 27.1 Å². The summed E-state index contributed by atoms with van der Waals surface area (Å²) in [5.41, 5.74) is 1.94. The molecule has 0 saturated heterocycles. The van der Waals surface area contributed by atoms with Crippen molar-refractivity contribution in [3.63, 3.8) is 0 Å². The molecule has 0 aliphatic heterocycles. The lowest BCUT2D eigenvalue weighted by Gasteiger charge is -2.10. The van der Waals surface area contributed by atoms with Crippen LogP contribution in [0.25, 0.3) is 28.2 Å². The summed E-state index contributed by atoms with van der Waals surface area (Å²) < 4.78 is 60.7. The number of nitrogens with one attached hydrogen (secondary N) is 1. The Balaban J connectivity index is 1.59. The van der Waals surface area contributed by atoms with Gasteiger partial charge in [0.2, 0.25) is 0 Å². The third kappa shape index (κ3) is 5.15. The Labute approximate surface area is 220 Å². The Morgan fingerprint density at radius 3 is 2.59 bits per heavy atom. The fourth-order valence-corrected chi connectivity index (χ4v) is 4.12. The molecule has 3 aromatic heterocycles. The predicted octanol–water partition coefficient (Wildman–Crippen LogP) is 6.58. The van der Waals surface area contributed by atoms with Crippen LogP contribution in [-0.4, -0.2) is 32.1 Å². The summed E-state index contributed by atoms with van der Waals surface area (Å²) in [5, 5.41) is 7.00. The zero-order valence-corrected chi connectivity index (χ0v) is 20.8. The molecule has 2 aromatic carbocycles. The molecule has 5 aromatic rings. The molecule has 5 rings (SSSR count). The van der Waals surface area contributed by atoms with E-state index in [1.54, 1.807) is 48.0 Å². The highest BCUT2D eigenvalue weighted by Gasteiger charge is 2.31. The fourth-order valence-electron chi connectivity index (χ4n) is 4.12. The van der Waals surface area contributed by atoms with Crippen LogP contribution in [0.3, 0.4) is 0 Å². The van der Waals surface area contributed by atoms with Gasteiger partial charge in [-0.15, -0.1) is 0 Å². The van der Waals surface area contributed by atoms with Crippen molar-refractivity contribution in [2.24, 2.45) is 0 Å². The number of pyridine rings is 1. The molecular formula is C28H21F4N5O2. The molecule has 39 heavy (non-hydrogen) atoms. The van der Waals surface area contributed by atoms with Gasteiger partial charge in [0.15, 0.2) is 11.4 Å². The summed E-state index contributed by atoms with van der Waals surface area (Å²) in [5.74, 6) is -0.520. The molecule has 0 fully saturated rings. The van der Waals surface area contributed by atoms with Crippen LogP contribution < -0.4 is 10.1 Å². The molecule has 1 amide bonds. The van der Waals surface area contributed by atoms with Gasteiger partial charge in [0.25, 0.3) is 5.91 Å². The van der Waals surface area contributed by atoms with Crippen molar-refractivity contribution in [3.05, 3.63) is 95.6 Å². The van der Waals surface area contributed by atoms with Gasteiger partial charge < -0.3 is 10.1 Å². The van der Waals surface area contributed by atoms with Crippen molar-refractivity contribution >= 4 is 17.4 Å². The van der Waals surface area contributed by atoms with E-state index in [1.807, 2.05) is 6.92 Å². The number of carbonyl (C=O) groups excluding carboxylic acids is 1. The van der Waals surface area contributed by atoms with Gasteiger partial charge in [0.05, 0.1) is 24.1 Å². The number of anilines is 1. The Morgan fingerprint density at radius 2 is 1.85 bits per heavy atom. The summed E-state index contributed by atoms with van der Waals surface area (Å²) in [6.45, 7) is 3.88. The van der Waals surface area contributed by atoms with Gasteiger partial charge in [-0.3, -0.25) is 4.79 Å². The number of aromatic nitrogens is 4. The maximum absolute atomic E-state index is 14.0. The van der Waals surface area contributed by atoms with Crippen LogP contribution in [-0.2, 0) is 6.18 Å². The topological polar surface area (TPSA) is 81.4 Å². The smallest absolute Gasteiger partial charge is 0.416 e. The predicted molar refractivity (Wildman–Crippen MR) is 137 cm³/mol. The number of nitrogens with zero attached hydrogens (tertiary/aromatic N) is 4. The number of carbonyl (C=O) groups is 1. The van der Waals surface area contributed by atoms with Gasteiger partial charge >= 0.3 is 6.18 Å². The highest BCUT2D eigenvalue weighted by atomic mass is 19.4. The van der Waals surface area contributed by atoms with Gasteiger partial charge in [0, 0.05) is 29.0 Å². The van der Waals surface area contributed by atoms with E-state index in [0.717, 1.165) is 12.1 Å². The summed E-state index contributed by atoms with van der Waals surface area (Å²) in [7, 11) is 0. The van der Waals surface area contributed by atoms with Crippen LogP contribution in [0, 0.1) is 12.7 Å². The summed E-state index contributed by atoms with van der Waals surface area (Å²) in [6.07, 6.45) is -1.58. The number of hydrogen-bond acceptors (Lipinski definition) is 5. The third-order valence-electron chi connectivity index (χ3n) is 5.94. The van der Waals surface area contributed by atoms with Crippen LogP contribution in [0.2, 0.25) is 0 Å². The SMILES string of the molecule is CCOc1ccnn2c(-c3ccnc(NC(=O)c4cccc(C(F)(F)F)c4)c3)c(-c3ccc(F)c(C)c3)nc12. The van der Waals surface area contributed by atoms with E-state index in [-0.39, 0.29) is 17.2 Å². The first-order valence-electron chi connectivity index (χ1n) is 11.9. The molecule has 0 saturated carbocycles. The summed E-state index contributed by atoms with van der Waals surface area (Å²) in [6, 6.07) is 13.7. The molecule has 1 N–H and O–H groups in total. The molecule has 7 nitrogen and oxygen atoms in total. The second kappa shape index (κ2) is 10.2. The van der Waals surface area contributed by atoms with Crippen LogP contribution in [0.15, 0.2) is 73.1 Å². The first-order chi connectivity index (χ1) is 18.7. The summed E-state index contributed by atoms with van der Waals surface area (Å²) in [4.78, 5) is 21.7. The highest BCUT2D eigenvalue weighted by Crippen LogP contribution is 2.36. The Kier molecular flexibility index (Phi) is 6.73. The number of fused-ring (bicyclic) bond motifs is 1. The normalized spacial score (nSPS) is 11.5.